The number of methoxy groups -OCH3 is 1. The van der Waals surface area contributed by atoms with E-state index in [2.05, 4.69) is 21.3 Å². The minimum atomic E-state index is 0.0476. The monoisotopic (exact) mass is 304 g/mol. The zero-order valence-electron chi connectivity index (χ0n) is 13.3. The highest BCUT2D eigenvalue weighted by Crippen LogP contribution is 2.24. The number of rotatable bonds is 5. The van der Waals surface area contributed by atoms with Crippen molar-refractivity contribution in [1.82, 2.24) is 20.1 Å². The molecule has 0 radical (unpaired) electrons. The van der Waals surface area contributed by atoms with E-state index in [1.54, 1.807) is 7.11 Å². The Morgan fingerprint density at radius 2 is 2.36 bits per heavy atom. The summed E-state index contributed by atoms with van der Waals surface area (Å²) in [5.74, 6) is 0. The molecule has 2 fully saturated rings. The second-order valence-electron chi connectivity index (χ2n) is 6.08. The number of nitrogens with one attached hydrogen (secondary N) is 1. The number of hydrogen-bond donors (Lipinski definition) is 1. The van der Waals surface area contributed by atoms with Gasteiger partial charge in [-0.25, -0.2) is 4.79 Å². The fourth-order valence-corrected chi connectivity index (χ4v) is 3.44. The number of carbonyl (C=O) groups excluding carboxylic acids is 1. The second-order valence-corrected chi connectivity index (χ2v) is 6.08. The molecule has 0 spiro atoms. The smallest absolute Gasteiger partial charge is 0.318 e. The van der Waals surface area contributed by atoms with Crippen LogP contribution in [0.4, 0.5) is 4.79 Å². The molecule has 0 saturated carbocycles. The van der Waals surface area contributed by atoms with Gasteiger partial charge in [-0.15, -0.1) is 0 Å². The summed E-state index contributed by atoms with van der Waals surface area (Å²) in [7, 11) is 1.67. The van der Waals surface area contributed by atoms with Crippen LogP contribution in [-0.2, 0) is 11.3 Å². The normalized spacial score (nSPS) is 25.2. The third-order valence-electron chi connectivity index (χ3n) is 4.68. The summed E-state index contributed by atoms with van der Waals surface area (Å²) >= 11 is 0. The van der Waals surface area contributed by atoms with Crippen molar-refractivity contribution in [3.8, 4) is 0 Å². The summed E-state index contributed by atoms with van der Waals surface area (Å²) in [5.41, 5.74) is 2.35. The van der Waals surface area contributed by atoms with Crippen LogP contribution in [-0.4, -0.2) is 66.2 Å². The number of aryl methyl sites for hydroxylation is 1. The van der Waals surface area contributed by atoms with Crippen molar-refractivity contribution in [2.45, 2.75) is 32.0 Å². The molecule has 22 heavy (non-hydrogen) atoms. The van der Waals surface area contributed by atoms with Crippen molar-refractivity contribution in [3.63, 3.8) is 0 Å². The lowest BCUT2D eigenvalue weighted by atomic mass is 9.99. The number of likely N-dealkylation sites (tertiary alicyclic amines) is 1. The summed E-state index contributed by atoms with van der Waals surface area (Å²) in [6.45, 7) is 6.12. The van der Waals surface area contributed by atoms with Gasteiger partial charge in [0.25, 0.3) is 0 Å². The maximum atomic E-state index is 12.1. The van der Waals surface area contributed by atoms with Crippen LogP contribution in [0, 0.1) is 6.92 Å². The van der Waals surface area contributed by atoms with Crippen molar-refractivity contribution in [2.75, 3.05) is 33.4 Å². The van der Waals surface area contributed by atoms with Crippen molar-refractivity contribution < 1.29 is 9.53 Å². The zero-order chi connectivity index (χ0) is 15.5. The quantitative estimate of drug-likeness (QED) is 0.882. The van der Waals surface area contributed by atoms with Crippen molar-refractivity contribution in [3.05, 3.63) is 29.6 Å². The van der Waals surface area contributed by atoms with E-state index in [0.29, 0.717) is 19.2 Å². The van der Waals surface area contributed by atoms with Gasteiger partial charge in [0.15, 0.2) is 0 Å². The van der Waals surface area contributed by atoms with E-state index in [0.717, 1.165) is 31.7 Å². The molecule has 0 bridgehead atoms. The standard InChI is InChI=1S/C16H24N4O2/c1-12-13(4-3-6-17-12)10-19-7-5-15-14(11-19)18-16(21)20(15)8-9-22-2/h3-4,6,14-15H,5,7-11H2,1-2H3,(H,18,21)/t14-,15+/m1/s1. The summed E-state index contributed by atoms with van der Waals surface area (Å²) in [5, 5.41) is 3.12. The molecular formula is C16H24N4O2. The summed E-state index contributed by atoms with van der Waals surface area (Å²) in [6.07, 6.45) is 2.84. The minimum Gasteiger partial charge on any atom is -0.383 e. The molecule has 6 nitrogen and oxygen atoms in total. The number of amides is 2. The Balaban J connectivity index is 1.61. The van der Waals surface area contributed by atoms with Crippen LogP contribution in [0.2, 0.25) is 0 Å². The van der Waals surface area contributed by atoms with Gasteiger partial charge in [0.05, 0.1) is 18.7 Å². The highest BCUT2D eigenvalue weighted by Gasteiger charge is 2.42. The van der Waals surface area contributed by atoms with Crippen LogP contribution in [0.1, 0.15) is 17.7 Å². The fraction of sp³-hybridized carbons (Fsp3) is 0.625. The molecule has 0 aliphatic carbocycles. The van der Waals surface area contributed by atoms with Gasteiger partial charge >= 0.3 is 6.03 Å². The first-order valence-electron chi connectivity index (χ1n) is 7.88. The van der Waals surface area contributed by atoms with E-state index < -0.39 is 0 Å². The highest BCUT2D eigenvalue weighted by molar-refractivity contribution is 5.77. The summed E-state index contributed by atoms with van der Waals surface area (Å²) < 4.78 is 5.11. The number of ether oxygens (including phenoxy) is 1. The summed E-state index contributed by atoms with van der Waals surface area (Å²) in [6, 6.07) is 4.68. The average molecular weight is 304 g/mol. The van der Waals surface area contributed by atoms with Crippen LogP contribution < -0.4 is 5.32 Å². The van der Waals surface area contributed by atoms with Crippen LogP contribution in [0.15, 0.2) is 18.3 Å². The van der Waals surface area contributed by atoms with Crippen molar-refractivity contribution in [2.24, 2.45) is 0 Å². The molecule has 0 unspecified atom stereocenters. The van der Waals surface area contributed by atoms with E-state index in [1.165, 1.54) is 5.56 Å². The minimum absolute atomic E-state index is 0.0476. The van der Waals surface area contributed by atoms with Crippen LogP contribution >= 0.6 is 0 Å². The highest BCUT2D eigenvalue weighted by atomic mass is 16.5. The van der Waals surface area contributed by atoms with Gasteiger partial charge in [-0.05, 0) is 25.0 Å². The van der Waals surface area contributed by atoms with E-state index in [1.807, 2.05) is 24.1 Å². The fourth-order valence-electron chi connectivity index (χ4n) is 3.44. The third-order valence-corrected chi connectivity index (χ3v) is 4.68. The molecule has 3 heterocycles. The summed E-state index contributed by atoms with van der Waals surface area (Å²) in [4.78, 5) is 20.8. The van der Waals surface area contributed by atoms with Gasteiger partial charge in [0.1, 0.15) is 0 Å². The van der Waals surface area contributed by atoms with E-state index in [9.17, 15) is 4.79 Å². The maximum Gasteiger partial charge on any atom is 0.318 e. The average Bonchev–Trinajstić information content (AvgIpc) is 2.82. The molecule has 3 rings (SSSR count). The molecular weight excluding hydrogens is 280 g/mol. The number of urea groups is 1. The van der Waals surface area contributed by atoms with Crippen LogP contribution in [0.3, 0.4) is 0 Å². The molecule has 1 aromatic rings. The Morgan fingerprint density at radius 1 is 1.50 bits per heavy atom. The number of nitrogens with zero attached hydrogens (tertiary/aromatic N) is 3. The molecule has 2 aliphatic rings. The molecule has 120 valence electrons. The Morgan fingerprint density at radius 3 is 3.14 bits per heavy atom. The lowest BCUT2D eigenvalue weighted by molar-refractivity contribution is 0.111. The van der Waals surface area contributed by atoms with Crippen molar-refractivity contribution >= 4 is 6.03 Å². The van der Waals surface area contributed by atoms with Gasteiger partial charge in [0, 0.05) is 45.2 Å². The molecule has 2 aliphatic heterocycles. The van der Waals surface area contributed by atoms with Gasteiger partial charge in [-0.1, -0.05) is 6.07 Å². The number of pyridine rings is 1. The number of carbonyl (C=O) groups is 1. The molecule has 1 N–H and O–H groups in total. The number of aromatic nitrogens is 1. The molecule has 1 aromatic heterocycles. The van der Waals surface area contributed by atoms with Gasteiger partial charge in [0.2, 0.25) is 0 Å². The first kappa shape index (κ1) is 15.2. The Hall–Kier alpha value is -1.66. The molecule has 2 amide bonds. The number of hydrogen-bond acceptors (Lipinski definition) is 4. The molecule has 0 aromatic carbocycles. The molecule has 2 saturated heterocycles. The van der Waals surface area contributed by atoms with E-state index in [4.69, 9.17) is 4.74 Å². The van der Waals surface area contributed by atoms with Gasteiger partial charge in [-0.2, -0.15) is 0 Å². The van der Waals surface area contributed by atoms with Crippen LogP contribution in [0.25, 0.3) is 0 Å². The topological polar surface area (TPSA) is 57.7 Å². The largest absolute Gasteiger partial charge is 0.383 e. The SMILES string of the molecule is COCCN1C(=O)N[C@@H]2CN(Cc3cccnc3C)CC[C@@H]21. The Labute approximate surface area is 131 Å². The molecule has 2 atom stereocenters. The van der Waals surface area contributed by atoms with Crippen LogP contribution in [0.5, 0.6) is 0 Å². The predicted molar refractivity (Wildman–Crippen MR) is 83.6 cm³/mol. The zero-order valence-corrected chi connectivity index (χ0v) is 13.3. The second kappa shape index (κ2) is 6.62. The van der Waals surface area contributed by atoms with E-state index in [-0.39, 0.29) is 12.1 Å². The van der Waals surface area contributed by atoms with Gasteiger partial charge < -0.3 is 15.0 Å². The first-order chi connectivity index (χ1) is 10.7. The predicted octanol–water partition coefficient (Wildman–Crippen LogP) is 1.00. The Kier molecular flexibility index (Phi) is 4.59. The number of piperidine rings is 1. The van der Waals surface area contributed by atoms with Crippen molar-refractivity contribution in [1.29, 1.82) is 0 Å². The number of fused-ring (bicyclic) bond motifs is 1. The molecule has 6 heteroatoms. The maximum absolute atomic E-state index is 12.1. The Bertz CT molecular complexity index is 537. The van der Waals surface area contributed by atoms with E-state index >= 15 is 0 Å². The first-order valence-corrected chi connectivity index (χ1v) is 7.88. The lowest BCUT2D eigenvalue weighted by Crippen LogP contribution is -2.51. The van der Waals surface area contributed by atoms with Gasteiger partial charge in [-0.3, -0.25) is 9.88 Å². The lowest BCUT2D eigenvalue weighted by Gasteiger charge is -2.36. The third kappa shape index (κ3) is 3.08.